The number of pyridine rings is 2. The number of aromatic nitrogens is 5. The molecule has 148 valence electrons. The van der Waals surface area contributed by atoms with Crippen LogP contribution in [0.2, 0.25) is 0 Å². The van der Waals surface area contributed by atoms with E-state index in [1.54, 1.807) is 15.4 Å². The maximum absolute atomic E-state index is 9.57. The lowest BCUT2D eigenvalue weighted by molar-refractivity contribution is 0.735. The predicted molar refractivity (Wildman–Crippen MR) is 113 cm³/mol. The summed E-state index contributed by atoms with van der Waals surface area (Å²) in [6, 6.07) is 8.83. The Morgan fingerprint density at radius 2 is 1.87 bits per heavy atom. The van der Waals surface area contributed by atoms with Gasteiger partial charge in [0.25, 0.3) is 0 Å². The first kappa shape index (κ1) is 17.2. The van der Waals surface area contributed by atoms with E-state index in [1.165, 1.54) is 0 Å². The second-order valence-corrected chi connectivity index (χ2v) is 8.22. The molecule has 30 heavy (non-hydrogen) atoms. The molecule has 4 aromatic rings. The van der Waals surface area contributed by atoms with E-state index in [0.717, 1.165) is 46.7 Å². The van der Waals surface area contributed by atoms with Gasteiger partial charge >= 0.3 is 0 Å². The van der Waals surface area contributed by atoms with Crippen molar-refractivity contribution in [2.45, 2.75) is 6.04 Å². The fraction of sp³-hybridized carbons (Fsp3) is 0.273. The molecule has 8 heteroatoms. The molecule has 8 nitrogen and oxygen atoms in total. The van der Waals surface area contributed by atoms with Crippen LogP contribution in [0.4, 0.5) is 5.82 Å². The zero-order valence-corrected chi connectivity index (χ0v) is 16.5. The molecule has 1 aliphatic carbocycles. The minimum absolute atomic E-state index is 0.371. The third kappa shape index (κ3) is 2.52. The highest BCUT2D eigenvalue weighted by molar-refractivity contribution is 5.87. The summed E-state index contributed by atoms with van der Waals surface area (Å²) < 4.78 is 3.53. The van der Waals surface area contributed by atoms with Crippen molar-refractivity contribution in [3.8, 4) is 28.3 Å². The quantitative estimate of drug-likeness (QED) is 0.569. The number of anilines is 1. The van der Waals surface area contributed by atoms with Gasteiger partial charge in [0.1, 0.15) is 11.9 Å². The molecule has 4 aromatic heterocycles. The summed E-state index contributed by atoms with van der Waals surface area (Å²) in [4.78, 5) is 7.04. The molecule has 0 spiro atoms. The number of hydrogen-bond acceptors (Lipinski definition) is 6. The van der Waals surface area contributed by atoms with Crippen LogP contribution in [0.1, 0.15) is 5.56 Å². The summed E-state index contributed by atoms with van der Waals surface area (Å²) in [6.07, 6.45) is 9.20. The van der Waals surface area contributed by atoms with Crippen LogP contribution in [0.25, 0.3) is 27.8 Å². The number of rotatable bonds is 3. The van der Waals surface area contributed by atoms with Gasteiger partial charge in [-0.1, -0.05) is 0 Å². The number of nitriles is 1. The number of fused-ring (bicyclic) bond motifs is 2. The van der Waals surface area contributed by atoms with Gasteiger partial charge in [-0.05, 0) is 30.0 Å². The van der Waals surface area contributed by atoms with E-state index in [-0.39, 0.29) is 0 Å². The normalized spacial score (nSPS) is 22.3. The van der Waals surface area contributed by atoms with Crippen LogP contribution in [0, 0.1) is 23.2 Å². The van der Waals surface area contributed by atoms with Crippen molar-refractivity contribution >= 4 is 11.3 Å². The fourth-order valence-electron chi connectivity index (χ4n) is 4.64. The molecule has 5 heterocycles. The molecular weight excluding hydrogens is 376 g/mol. The SMILES string of the molecule is Cn1cc(-c2cc(-c3ccc(N4CC5C(N)[C@H]5C4)nc3)c3c(C#N)cnn3c2)cn1. The summed E-state index contributed by atoms with van der Waals surface area (Å²) in [5, 5.41) is 18.2. The Morgan fingerprint density at radius 1 is 1.03 bits per heavy atom. The van der Waals surface area contributed by atoms with Crippen molar-refractivity contribution in [3.63, 3.8) is 0 Å². The summed E-state index contributed by atoms with van der Waals surface area (Å²) >= 11 is 0. The predicted octanol–water partition coefficient (Wildman–Crippen LogP) is 2.06. The Morgan fingerprint density at radius 3 is 2.53 bits per heavy atom. The number of piperidine rings is 1. The van der Waals surface area contributed by atoms with Crippen LogP contribution in [-0.2, 0) is 7.05 Å². The second kappa shape index (κ2) is 6.15. The minimum atomic E-state index is 0.371. The first-order valence-corrected chi connectivity index (χ1v) is 10.00. The maximum Gasteiger partial charge on any atom is 0.128 e. The summed E-state index contributed by atoms with van der Waals surface area (Å²) in [7, 11) is 1.89. The fourth-order valence-corrected chi connectivity index (χ4v) is 4.64. The van der Waals surface area contributed by atoms with E-state index in [9.17, 15) is 5.26 Å². The van der Waals surface area contributed by atoms with Crippen LogP contribution in [0.3, 0.4) is 0 Å². The Labute approximate surface area is 173 Å². The van der Waals surface area contributed by atoms with Gasteiger partial charge in [-0.2, -0.15) is 15.5 Å². The first-order valence-electron chi connectivity index (χ1n) is 10.00. The van der Waals surface area contributed by atoms with Crippen molar-refractivity contribution in [1.82, 2.24) is 24.4 Å². The molecule has 0 amide bonds. The van der Waals surface area contributed by atoms with Crippen LogP contribution in [0.5, 0.6) is 0 Å². The largest absolute Gasteiger partial charge is 0.356 e. The summed E-state index contributed by atoms with van der Waals surface area (Å²) in [5.74, 6) is 2.21. The summed E-state index contributed by atoms with van der Waals surface area (Å²) in [5.41, 5.74) is 11.2. The number of nitrogens with zero attached hydrogens (tertiary/aromatic N) is 7. The third-order valence-corrected chi connectivity index (χ3v) is 6.41. The van der Waals surface area contributed by atoms with E-state index >= 15 is 0 Å². The molecule has 3 atom stereocenters. The van der Waals surface area contributed by atoms with Gasteiger partial charge in [0, 0.05) is 67.0 Å². The van der Waals surface area contributed by atoms with E-state index in [4.69, 9.17) is 10.7 Å². The third-order valence-electron chi connectivity index (χ3n) is 6.41. The number of nitrogens with two attached hydrogens (primary N) is 1. The highest BCUT2D eigenvalue weighted by Gasteiger charge is 2.53. The van der Waals surface area contributed by atoms with Crippen molar-refractivity contribution in [3.05, 3.63) is 54.7 Å². The number of hydrogen-bond donors (Lipinski definition) is 1. The van der Waals surface area contributed by atoms with Crippen LogP contribution in [-0.4, -0.2) is 43.5 Å². The zero-order chi connectivity index (χ0) is 20.4. The van der Waals surface area contributed by atoms with Crippen molar-refractivity contribution in [2.75, 3.05) is 18.0 Å². The van der Waals surface area contributed by atoms with E-state index in [0.29, 0.717) is 23.4 Å². The monoisotopic (exact) mass is 396 g/mol. The van der Waals surface area contributed by atoms with Gasteiger partial charge in [-0.15, -0.1) is 0 Å². The van der Waals surface area contributed by atoms with Gasteiger partial charge < -0.3 is 10.6 Å². The topological polar surface area (TPSA) is 101 Å². The lowest BCUT2D eigenvalue weighted by Gasteiger charge is -2.20. The summed E-state index contributed by atoms with van der Waals surface area (Å²) in [6.45, 7) is 1.97. The van der Waals surface area contributed by atoms with E-state index in [1.807, 2.05) is 31.8 Å². The Hall–Kier alpha value is -3.70. The van der Waals surface area contributed by atoms with Crippen LogP contribution in [0.15, 0.2) is 49.2 Å². The molecule has 2 unspecified atom stereocenters. The molecule has 0 bridgehead atoms. The average Bonchev–Trinajstić information content (AvgIpc) is 3.26. The Kier molecular flexibility index (Phi) is 3.52. The van der Waals surface area contributed by atoms with Gasteiger partial charge in [0.2, 0.25) is 0 Å². The number of aryl methyl sites for hydroxylation is 1. The van der Waals surface area contributed by atoms with Gasteiger partial charge in [-0.25, -0.2) is 9.50 Å². The van der Waals surface area contributed by atoms with Crippen molar-refractivity contribution in [2.24, 2.45) is 24.6 Å². The lowest BCUT2D eigenvalue weighted by atomic mass is 10.0. The molecule has 2 fully saturated rings. The molecule has 0 aromatic carbocycles. The Bertz CT molecular complexity index is 1300. The minimum Gasteiger partial charge on any atom is -0.356 e. The van der Waals surface area contributed by atoms with E-state index in [2.05, 4.69) is 39.4 Å². The smallest absolute Gasteiger partial charge is 0.128 e. The zero-order valence-electron chi connectivity index (χ0n) is 16.5. The van der Waals surface area contributed by atoms with Gasteiger partial charge in [0.15, 0.2) is 0 Å². The van der Waals surface area contributed by atoms with Gasteiger partial charge in [0.05, 0.1) is 23.5 Å². The van der Waals surface area contributed by atoms with Gasteiger partial charge in [-0.3, -0.25) is 4.68 Å². The first-order chi connectivity index (χ1) is 14.6. The second-order valence-electron chi connectivity index (χ2n) is 8.22. The molecule has 1 saturated heterocycles. The lowest BCUT2D eigenvalue weighted by Crippen LogP contribution is -2.28. The van der Waals surface area contributed by atoms with E-state index < -0.39 is 0 Å². The average molecular weight is 396 g/mol. The highest BCUT2D eigenvalue weighted by Crippen LogP contribution is 2.45. The maximum atomic E-state index is 9.57. The molecule has 1 aliphatic heterocycles. The van der Waals surface area contributed by atoms with Crippen LogP contribution < -0.4 is 10.6 Å². The Balaban J connectivity index is 1.43. The van der Waals surface area contributed by atoms with Crippen LogP contribution >= 0.6 is 0 Å². The molecule has 6 rings (SSSR count). The molecule has 2 N–H and O–H groups in total. The molecule has 2 aliphatic rings. The van der Waals surface area contributed by atoms with Crippen molar-refractivity contribution < 1.29 is 0 Å². The molecule has 1 saturated carbocycles. The molecular formula is C22H20N8. The molecule has 0 radical (unpaired) electrons. The van der Waals surface area contributed by atoms with Crippen molar-refractivity contribution in [1.29, 1.82) is 5.26 Å². The highest BCUT2D eigenvalue weighted by atomic mass is 15.2. The standard InChI is InChI=1S/C22H20N8/c1-28-9-16(8-26-28)14-4-17(22-15(5-23)7-27-30(22)10-14)13-2-3-20(25-6-13)29-11-18-19(12-29)21(18)24/h2-4,6-10,18-19,21H,11-12,24H2,1H3/t18-,19?,21?/m0/s1.